The molecule has 1 aromatic heterocycles. The summed E-state index contributed by atoms with van der Waals surface area (Å²) in [5, 5.41) is 10.7. The van der Waals surface area contributed by atoms with Crippen molar-refractivity contribution in [2.24, 2.45) is 0 Å². The van der Waals surface area contributed by atoms with Crippen molar-refractivity contribution < 1.29 is 14.2 Å². The van der Waals surface area contributed by atoms with Crippen molar-refractivity contribution in [1.29, 1.82) is 0 Å². The van der Waals surface area contributed by atoms with Crippen molar-refractivity contribution in [3.8, 4) is 28.5 Å². The first-order chi connectivity index (χ1) is 12.7. The van der Waals surface area contributed by atoms with Gasteiger partial charge in [0.15, 0.2) is 0 Å². The fraction of sp³-hybridized carbons (Fsp3) is 0.200. The molecule has 134 valence electrons. The highest BCUT2D eigenvalue weighted by atomic mass is 16.5. The van der Waals surface area contributed by atoms with E-state index in [-0.39, 0.29) is 0 Å². The highest BCUT2D eigenvalue weighted by Crippen LogP contribution is 2.36. The van der Waals surface area contributed by atoms with Crippen LogP contribution < -0.4 is 14.2 Å². The Balaban J connectivity index is 2.00. The number of benzene rings is 2. The third-order valence-corrected chi connectivity index (χ3v) is 3.88. The highest BCUT2D eigenvalue weighted by Gasteiger charge is 2.15. The summed E-state index contributed by atoms with van der Waals surface area (Å²) in [5.74, 6) is 2.24. The number of aromatic amines is 1. The summed E-state index contributed by atoms with van der Waals surface area (Å²) < 4.78 is 16.4. The topological polar surface area (TPSA) is 69.3 Å². The lowest BCUT2D eigenvalue weighted by atomic mass is 10.0. The lowest BCUT2D eigenvalue weighted by Gasteiger charge is -2.12. The molecule has 0 bridgehead atoms. The van der Waals surface area contributed by atoms with Gasteiger partial charge in [-0.15, -0.1) is 0 Å². The van der Waals surface area contributed by atoms with E-state index < -0.39 is 0 Å². The van der Waals surface area contributed by atoms with Crippen LogP contribution in [0, 0.1) is 0 Å². The molecule has 0 aliphatic carbocycles. The molecular formula is C20H21N3O3. The number of ether oxygens (including phenoxy) is 3. The van der Waals surface area contributed by atoms with Crippen LogP contribution in [0.15, 0.2) is 42.6 Å². The molecule has 0 radical (unpaired) electrons. The highest BCUT2D eigenvalue weighted by molar-refractivity contribution is 5.84. The van der Waals surface area contributed by atoms with E-state index in [1.54, 1.807) is 20.4 Å². The number of H-pyrrole nitrogens is 1. The standard InChI is InChI=1S/C20H21N3O3/c1-4-26-16-9-6-14(7-10-16)5-8-15-11-17(24-2)12-19(25-3)20(15)18-13-21-23-22-18/h5-13H,4H2,1-3H3,(H,21,22,23)/b8-5+. The largest absolute Gasteiger partial charge is 0.497 e. The van der Waals surface area contributed by atoms with Gasteiger partial charge in [-0.2, -0.15) is 15.4 Å². The number of aromatic nitrogens is 3. The van der Waals surface area contributed by atoms with E-state index in [1.807, 2.05) is 55.5 Å². The van der Waals surface area contributed by atoms with Gasteiger partial charge < -0.3 is 14.2 Å². The Hall–Kier alpha value is -3.28. The fourth-order valence-corrected chi connectivity index (χ4v) is 2.65. The molecule has 0 aliphatic rings. The van der Waals surface area contributed by atoms with Crippen LogP contribution in [0.1, 0.15) is 18.1 Å². The zero-order valence-corrected chi connectivity index (χ0v) is 15.0. The van der Waals surface area contributed by atoms with Gasteiger partial charge in [0.2, 0.25) is 0 Å². The number of hydrogen-bond donors (Lipinski definition) is 1. The molecule has 6 heteroatoms. The molecule has 3 rings (SSSR count). The second-order valence-corrected chi connectivity index (χ2v) is 5.48. The molecular weight excluding hydrogens is 330 g/mol. The van der Waals surface area contributed by atoms with Crippen LogP contribution in [-0.2, 0) is 0 Å². The summed E-state index contributed by atoms with van der Waals surface area (Å²) >= 11 is 0. The first-order valence-corrected chi connectivity index (χ1v) is 8.28. The molecule has 0 unspecified atom stereocenters. The van der Waals surface area contributed by atoms with Crippen LogP contribution >= 0.6 is 0 Å². The summed E-state index contributed by atoms with van der Waals surface area (Å²) in [6.45, 7) is 2.62. The molecule has 2 aromatic carbocycles. The third-order valence-electron chi connectivity index (χ3n) is 3.88. The number of methoxy groups -OCH3 is 2. The summed E-state index contributed by atoms with van der Waals surface area (Å²) in [6, 6.07) is 11.7. The first-order valence-electron chi connectivity index (χ1n) is 8.28. The van der Waals surface area contributed by atoms with Crippen LogP contribution in [0.3, 0.4) is 0 Å². The van der Waals surface area contributed by atoms with Crippen molar-refractivity contribution in [3.63, 3.8) is 0 Å². The van der Waals surface area contributed by atoms with Gasteiger partial charge in [-0.05, 0) is 36.2 Å². The SMILES string of the molecule is CCOc1ccc(/C=C/c2cc(OC)cc(OC)c2-c2cn[nH]n2)cc1. The normalized spacial score (nSPS) is 10.9. The first kappa shape index (κ1) is 17.5. The van der Waals surface area contributed by atoms with E-state index in [4.69, 9.17) is 14.2 Å². The Kier molecular flexibility index (Phi) is 5.53. The predicted molar refractivity (Wildman–Crippen MR) is 101 cm³/mol. The van der Waals surface area contributed by atoms with Crippen molar-refractivity contribution >= 4 is 12.2 Å². The number of hydrogen-bond acceptors (Lipinski definition) is 5. The van der Waals surface area contributed by atoms with Crippen molar-refractivity contribution in [2.45, 2.75) is 6.92 Å². The lowest BCUT2D eigenvalue weighted by Crippen LogP contribution is -1.94. The van der Waals surface area contributed by atoms with Crippen LogP contribution in [0.4, 0.5) is 0 Å². The van der Waals surface area contributed by atoms with Gasteiger partial charge in [-0.3, -0.25) is 0 Å². The Morgan fingerprint density at radius 2 is 1.81 bits per heavy atom. The Labute approximate surface area is 152 Å². The smallest absolute Gasteiger partial charge is 0.132 e. The molecule has 0 fully saturated rings. The minimum absolute atomic E-state index is 0.653. The van der Waals surface area contributed by atoms with Gasteiger partial charge in [-0.1, -0.05) is 24.3 Å². The van der Waals surface area contributed by atoms with Crippen LogP contribution in [0.25, 0.3) is 23.4 Å². The van der Waals surface area contributed by atoms with Crippen LogP contribution in [0.2, 0.25) is 0 Å². The van der Waals surface area contributed by atoms with E-state index in [0.717, 1.165) is 22.4 Å². The van der Waals surface area contributed by atoms with Crippen molar-refractivity contribution in [2.75, 3.05) is 20.8 Å². The van der Waals surface area contributed by atoms with E-state index >= 15 is 0 Å². The van der Waals surface area contributed by atoms with Crippen LogP contribution in [0.5, 0.6) is 17.2 Å². The average molecular weight is 351 g/mol. The van der Waals surface area contributed by atoms with Gasteiger partial charge in [0.1, 0.15) is 22.9 Å². The molecule has 1 N–H and O–H groups in total. The molecule has 0 spiro atoms. The van der Waals surface area contributed by atoms with E-state index in [1.165, 1.54) is 0 Å². The maximum absolute atomic E-state index is 5.53. The molecule has 0 saturated heterocycles. The second kappa shape index (κ2) is 8.20. The molecule has 6 nitrogen and oxygen atoms in total. The van der Waals surface area contributed by atoms with Gasteiger partial charge in [-0.25, -0.2) is 0 Å². The molecule has 0 atom stereocenters. The Morgan fingerprint density at radius 1 is 1.00 bits per heavy atom. The van der Waals surface area contributed by atoms with Gasteiger partial charge in [0.05, 0.1) is 32.6 Å². The zero-order chi connectivity index (χ0) is 18.4. The molecule has 0 amide bonds. The quantitative estimate of drug-likeness (QED) is 0.650. The fourth-order valence-electron chi connectivity index (χ4n) is 2.65. The average Bonchev–Trinajstić information content (AvgIpc) is 3.21. The van der Waals surface area contributed by atoms with Crippen molar-refractivity contribution in [3.05, 3.63) is 53.7 Å². The molecule has 0 aliphatic heterocycles. The van der Waals surface area contributed by atoms with E-state index in [0.29, 0.717) is 23.8 Å². The maximum atomic E-state index is 5.53. The maximum Gasteiger partial charge on any atom is 0.132 e. The number of rotatable bonds is 7. The third kappa shape index (κ3) is 3.85. The second-order valence-electron chi connectivity index (χ2n) is 5.48. The van der Waals surface area contributed by atoms with E-state index in [2.05, 4.69) is 15.4 Å². The van der Waals surface area contributed by atoms with Gasteiger partial charge in [0, 0.05) is 6.07 Å². The molecule has 1 heterocycles. The van der Waals surface area contributed by atoms with E-state index in [9.17, 15) is 0 Å². The van der Waals surface area contributed by atoms with Gasteiger partial charge >= 0.3 is 0 Å². The summed E-state index contributed by atoms with van der Waals surface area (Å²) in [7, 11) is 3.25. The number of nitrogens with one attached hydrogen (secondary N) is 1. The molecule has 0 saturated carbocycles. The Bertz CT molecular complexity index is 872. The predicted octanol–water partition coefficient (Wildman–Crippen LogP) is 4.06. The summed E-state index contributed by atoms with van der Waals surface area (Å²) in [6.07, 6.45) is 5.69. The minimum atomic E-state index is 0.653. The monoisotopic (exact) mass is 351 g/mol. The van der Waals surface area contributed by atoms with Gasteiger partial charge in [0.25, 0.3) is 0 Å². The Morgan fingerprint density at radius 3 is 2.42 bits per heavy atom. The lowest BCUT2D eigenvalue weighted by molar-refractivity contribution is 0.340. The summed E-state index contributed by atoms with van der Waals surface area (Å²) in [5.41, 5.74) is 3.53. The number of nitrogens with zero attached hydrogens (tertiary/aromatic N) is 2. The van der Waals surface area contributed by atoms with Crippen LogP contribution in [-0.4, -0.2) is 36.2 Å². The minimum Gasteiger partial charge on any atom is -0.497 e. The molecule has 3 aromatic rings. The molecule has 26 heavy (non-hydrogen) atoms. The van der Waals surface area contributed by atoms with Crippen molar-refractivity contribution in [1.82, 2.24) is 15.4 Å². The zero-order valence-electron chi connectivity index (χ0n) is 15.0. The summed E-state index contributed by atoms with van der Waals surface area (Å²) in [4.78, 5) is 0.